The van der Waals surface area contributed by atoms with Crippen LogP contribution in [0.15, 0.2) is 36.5 Å². The first-order chi connectivity index (χ1) is 8.74. The molecule has 1 unspecified atom stereocenters. The van der Waals surface area contributed by atoms with E-state index in [0.29, 0.717) is 0 Å². The minimum Gasteiger partial charge on any atom is -0.388 e. The van der Waals surface area contributed by atoms with Crippen LogP contribution >= 0.6 is 0 Å². The molecule has 1 N–H and O–H groups in total. The van der Waals surface area contributed by atoms with Crippen molar-refractivity contribution in [1.29, 1.82) is 0 Å². The van der Waals surface area contributed by atoms with E-state index in [1.54, 1.807) is 12.1 Å². The van der Waals surface area contributed by atoms with Crippen molar-refractivity contribution >= 4 is 0 Å². The summed E-state index contributed by atoms with van der Waals surface area (Å²) in [6.07, 6.45) is 4.60. The van der Waals surface area contributed by atoms with E-state index in [-0.39, 0.29) is 11.9 Å². The average molecular weight is 245 g/mol. The lowest BCUT2D eigenvalue weighted by Crippen LogP contribution is -2.12. The van der Waals surface area contributed by atoms with Crippen LogP contribution in [0.1, 0.15) is 35.8 Å². The molecule has 0 bridgehead atoms. The molecule has 0 aliphatic heterocycles. The van der Waals surface area contributed by atoms with Crippen molar-refractivity contribution in [2.45, 2.75) is 31.9 Å². The molecule has 0 saturated heterocycles. The maximum atomic E-state index is 12.9. The fraction of sp³-hybridized carbons (Fsp3) is 0.333. The number of nitrogens with zero attached hydrogens (tertiary/aromatic N) is 1. The third-order valence-electron chi connectivity index (χ3n) is 3.63. The molecule has 0 amide bonds. The molecular weight excluding hydrogens is 229 g/mol. The summed E-state index contributed by atoms with van der Waals surface area (Å²) in [4.78, 5) is 0. The molecule has 1 heterocycles. The SMILES string of the molecule is OC1CCCc2c1ccn2Cc1ccc(F)cc1. The predicted molar refractivity (Wildman–Crippen MR) is 67.8 cm³/mol. The van der Waals surface area contributed by atoms with Crippen molar-refractivity contribution < 1.29 is 9.50 Å². The molecule has 1 aliphatic rings. The Balaban J connectivity index is 1.87. The second kappa shape index (κ2) is 4.58. The Morgan fingerprint density at radius 1 is 1.22 bits per heavy atom. The van der Waals surface area contributed by atoms with Crippen LogP contribution in [0.25, 0.3) is 0 Å². The third-order valence-corrected chi connectivity index (χ3v) is 3.63. The number of aliphatic hydroxyl groups is 1. The van der Waals surface area contributed by atoms with E-state index < -0.39 is 0 Å². The number of rotatable bonds is 2. The molecule has 1 aliphatic carbocycles. The molecule has 1 aromatic carbocycles. The van der Waals surface area contributed by atoms with Gasteiger partial charge in [0.25, 0.3) is 0 Å². The van der Waals surface area contributed by atoms with Crippen molar-refractivity contribution in [3.05, 3.63) is 59.2 Å². The molecule has 1 aromatic heterocycles. The number of benzene rings is 1. The first-order valence-corrected chi connectivity index (χ1v) is 6.34. The smallest absolute Gasteiger partial charge is 0.123 e. The van der Waals surface area contributed by atoms with Crippen molar-refractivity contribution in [2.75, 3.05) is 0 Å². The largest absolute Gasteiger partial charge is 0.388 e. The number of halogens is 1. The van der Waals surface area contributed by atoms with Gasteiger partial charge in [-0.3, -0.25) is 0 Å². The van der Waals surface area contributed by atoms with Crippen molar-refractivity contribution in [3.63, 3.8) is 0 Å². The van der Waals surface area contributed by atoms with Gasteiger partial charge >= 0.3 is 0 Å². The van der Waals surface area contributed by atoms with E-state index in [1.807, 2.05) is 12.3 Å². The molecule has 94 valence electrons. The maximum Gasteiger partial charge on any atom is 0.123 e. The summed E-state index contributed by atoms with van der Waals surface area (Å²) in [5.74, 6) is -0.205. The lowest BCUT2D eigenvalue weighted by molar-refractivity contribution is 0.156. The summed E-state index contributed by atoms with van der Waals surface area (Å²) in [5, 5.41) is 9.91. The molecule has 0 saturated carbocycles. The number of fused-ring (bicyclic) bond motifs is 1. The normalized spacial score (nSPS) is 18.7. The summed E-state index contributed by atoms with van der Waals surface area (Å²) in [7, 11) is 0. The van der Waals surface area contributed by atoms with Gasteiger partial charge in [-0.25, -0.2) is 4.39 Å². The monoisotopic (exact) mass is 245 g/mol. The molecule has 0 radical (unpaired) electrons. The fourth-order valence-corrected chi connectivity index (χ4v) is 2.67. The highest BCUT2D eigenvalue weighted by atomic mass is 19.1. The first kappa shape index (κ1) is 11.5. The maximum absolute atomic E-state index is 12.9. The second-order valence-electron chi connectivity index (χ2n) is 4.88. The summed E-state index contributed by atoms with van der Waals surface area (Å²) in [6.45, 7) is 0.738. The zero-order valence-electron chi connectivity index (χ0n) is 10.1. The zero-order valence-corrected chi connectivity index (χ0v) is 10.1. The van der Waals surface area contributed by atoms with Gasteiger partial charge in [0, 0.05) is 24.0 Å². The Bertz CT molecular complexity index is 544. The Labute approximate surface area is 106 Å². The number of hydrogen-bond donors (Lipinski definition) is 1. The van der Waals surface area contributed by atoms with E-state index in [2.05, 4.69) is 4.57 Å². The van der Waals surface area contributed by atoms with Crippen LogP contribution in [0, 0.1) is 5.82 Å². The van der Waals surface area contributed by atoms with Crippen LogP contribution < -0.4 is 0 Å². The van der Waals surface area contributed by atoms with Gasteiger partial charge in [-0.05, 0) is 43.0 Å². The highest BCUT2D eigenvalue weighted by Crippen LogP contribution is 2.30. The minimum atomic E-state index is -0.316. The predicted octanol–water partition coefficient (Wildman–Crippen LogP) is 3.05. The Morgan fingerprint density at radius 3 is 2.78 bits per heavy atom. The molecule has 0 spiro atoms. The zero-order chi connectivity index (χ0) is 12.5. The lowest BCUT2D eigenvalue weighted by Gasteiger charge is -2.20. The molecule has 2 nitrogen and oxygen atoms in total. The quantitative estimate of drug-likeness (QED) is 0.864. The van der Waals surface area contributed by atoms with Crippen LogP contribution in [0.5, 0.6) is 0 Å². The first-order valence-electron chi connectivity index (χ1n) is 6.34. The molecule has 3 rings (SSSR count). The van der Waals surface area contributed by atoms with Crippen LogP contribution in [-0.4, -0.2) is 9.67 Å². The van der Waals surface area contributed by atoms with Gasteiger partial charge in [0.1, 0.15) is 5.82 Å². The van der Waals surface area contributed by atoms with Crippen LogP contribution in [0.3, 0.4) is 0 Å². The van der Waals surface area contributed by atoms with Gasteiger partial charge in [-0.1, -0.05) is 12.1 Å². The van der Waals surface area contributed by atoms with E-state index in [0.717, 1.165) is 36.9 Å². The topological polar surface area (TPSA) is 25.2 Å². The lowest BCUT2D eigenvalue weighted by atomic mass is 9.95. The molecule has 1 atom stereocenters. The molecule has 18 heavy (non-hydrogen) atoms. The Hall–Kier alpha value is -1.61. The van der Waals surface area contributed by atoms with Crippen molar-refractivity contribution in [1.82, 2.24) is 4.57 Å². The number of aromatic nitrogens is 1. The molecule has 0 fully saturated rings. The minimum absolute atomic E-state index is 0.205. The molecule has 2 aromatic rings. The summed E-state index contributed by atoms with van der Waals surface area (Å²) >= 11 is 0. The van der Waals surface area contributed by atoms with E-state index in [9.17, 15) is 9.50 Å². The van der Waals surface area contributed by atoms with E-state index >= 15 is 0 Å². The summed E-state index contributed by atoms with van der Waals surface area (Å²) < 4.78 is 15.0. The fourth-order valence-electron chi connectivity index (χ4n) is 2.67. The van der Waals surface area contributed by atoms with Crippen LogP contribution in [-0.2, 0) is 13.0 Å². The van der Waals surface area contributed by atoms with E-state index in [4.69, 9.17) is 0 Å². The van der Waals surface area contributed by atoms with Gasteiger partial charge in [0.15, 0.2) is 0 Å². The number of aliphatic hydroxyl groups excluding tert-OH is 1. The van der Waals surface area contributed by atoms with Gasteiger partial charge < -0.3 is 9.67 Å². The van der Waals surface area contributed by atoms with Crippen molar-refractivity contribution in [2.24, 2.45) is 0 Å². The second-order valence-corrected chi connectivity index (χ2v) is 4.88. The standard InChI is InChI=1S/C15H16FNO/c16-12-6-4-11(5-7-12)10-17-9-8-13-14(17)2-1-3-15(13)18/h4-9,15,18H,1-3,10H2. The average Bonchev–Trinajstić information content (AvgIpc) is 2.77. The van der Waals surface area contributed by atoms with Crippen LogP contribution in [0.2, 0.25) is 0 Å². The number of hydrogen-bond acceptors (Lipinski definition) is 1. The Kier molecular flexibility index (Phi) is 2.92. The third kappa shape index (κ3) is 2.06. The van der Waals surface area contributed by atoms with E-state index in [1.165, 1.54) is 17.8 Å². The Morgan fingerprint density at radius 2 is 2.00 bits per heavy atom. The van der Waals surface area contributed by atoms with Crippen molar-refractivity contribution in [3.8, 4) is 0 Å². The highest BCUT2D eigenvalue weighted by Gasteiger charge is 2.20. The molecule has 3 heteroatoms. The van der Waals surface area contributed by atoms with Crippen LogP contribution in [0.4, 0.5) is 4.39 Å². The van der Waals surface area contributed by atoms with Gasteiger partial charge in [0.05, 0.1) is 6.10 Å². The van der Waals surface area contributed by atoms with Gasteiger partial charge in [-0.15, -0.1) is 0 Å². The highest BCUT2D eigenvalue weighted by molar-refractivity contribution is 5.29. The molecular formula is C15H16FNO. The van der Waals surface area contributed by atoms with Gasteiger partial charge in [-0.2, -0.15) is 0 Å². The summed E-state index contributed by atoms with van der Waals surface area (Å²) in [5.41, 5.74) is 3.36. The summed E-state index contributed by atoms with van der Waals surface area (Å²) in [6, 6.07) is 8.59. The van der Waals surface area contributed by atoms with Gasteiger partial charge in [0.2, 0.25) is 0 Å².